The SMILES string of the molecule is COC(=O)c1ccc(N2CCOCC2)c(NC(=O)c2ccc(F)cc2)c1. The highest BCUT2D eigenvalue weighted by Crippen LogP contribution is 2.29. The zero-order chi connectivity index (χ0) is 18.5. The van der Waals surface area contributed by atoms with E-state index in [9.17, 15) is 14.0 Å². The lowest BCUT2D eigenvalue weighted by Gasteiger charge is -2.30. The number of amides is 1. The van der Waals surface area contributed by atoms with Gasteiger partial charge in [-0.15, -0.1) is 0 Å². The van der Waals surface area contributed by atoms with Gasteiger partial charge in [0, 0.05) is 18.7 Å². The number of methoxy groups -OCH3 is 1. The standard InChI is InChI=1S/C19H19FN2O4/c1-25-19(24)14-4-7-17(22-8-10-26-11-9-22)16(12-14)21-18(23)13-2-5-15(20)6-3-13/h2-7,12H,8-11H2,1H3,(H,21,23). The van der Waals surface area contributed by atoms with Crippen LogP contribution in [0.4, 0.5) is 15.8 Å². The average Bonchev–Trinajstić information content (AvgIpc) is 2.68. The largest absolute Gasteiger partial charge is 0.465 e. The third-order valence-electron chi connectivity index (χ3n) is 4.12. The second kappa shape index (κ2) is 7.97. The molecule has 2 aromatic carbocycles. The summed E-state index contributed by atoms with van der Waals surface area (Å²) in [5.74, 6) is -1.29. The van der Waals surface area contributed by atoms with Crippen molar-refractivity contribution in [1.82, 2.24) is 0 Å². The molecule has 0 bridgehead atoms. The fraction of sp³-hybridized carbons (Fsp3) is 0.263. The molecular weight excluding hydrogens is 339 g/mol. The molecule has 0 aromatic heterocycles. The van der Waals surface area contributed by atoms with Gasteiger partial charge in [-0.05, 0) is 42.5 Å². The molecule has 26 heavy (non-hydrogen) atoms. The maximum Gasteiger partial charge on any atom is 0.337 e. The first kappa shape index (κ1) is 17.9. The Morgan fingerprint density at radius 1 is 1.08 bits per heavy atom. The van der Waals surface area contributed by atoms with Gasteiger partial charge < -0.3 is 19.7 Å². The van der Waals surface area contributed by atoms with Crippen LogP contribution in [0, 0.1) is 5.82 Å². The van der Waals surface area contributed by atoms with Crippen molar-refractivity contribution in [2.24, 2.45) is 0 Å². The van der Waals surface area contributed by atoms with Crippen LogP contribution in [0.25, 0.3) is 0 Å². The van der Waals surface area contributed by atoms with Gasteiger partial charge in [-0.1, -0.05) is 0 Å². The highest BCUT2D eigenvalue weighted by molar-refractivity contribution is 6.06. The van der Waals surface area contributed by atoms with Gasteiger partial charge in [0.2, 0.25) is 0 Å². The minimum atomic E-state index is -0.490. The van der Waals surface area contributed by atoms with E-state index in [0.717, 1.165) is 5.69 Å². The van der Waals surface area contributed by atoms with Crippen molar-refractivity contribution in [3.63, 3.8) is 0 Å². The van der Waals surface area contributed by atoms with Crippen molar-refractivity contribution in [2.75, 3.05) is 43.6 Å². The Morgan fingerprint density at radius 3 is 2.38 bits per heavy atom. The molecule has 3 rings (SSSR count). The first-order valence-corrected chi connectivity index (χ1v) is 8.20. The first-order chi connectivity index (χ1) is 12.6. The first-order valence-electron chi connectivity index (χ1n) is 8.20. The van der Waals surface area contributed by atoms with Crippen molar-refractivity contribution in [2.45, 2.75) is 0 Å². The zero-order valence-corrected chi connectivity index (χ0v) is 14.3. The van der Waals surface area contributed by atoms with Gasteiger partial charge in [0.05, 0.1) is 37.3 Å². The molecule has 0 saturated carbocycles. The Morgan fingerprint density at radius 2 is 1.73 bits per heavy atom. The molecule has 6 nitrogen and oxygen atoms in total. The summed E-state index contributed by atoms with van der Waals surface area (Å²) < 4.78 is 23.2. The summed E-state index contributed by atoms with van der Waals surface area (Å²) in [5.41, 5.74) is 1.93. The molecule has 1 aliphatic rings. The Kier molecular flexibility index (Phi) is 5.48. The number of carbonyl (C=O) groups excluding carboxylic acids is 2. The van der Waals surface area contributed by atoms with Gasteiger partial charge in [0.25, 0.3) is 5.91 Å². The minimum absolute atomic E-state index is 0.322. The molecule has 1 saturated heterocycles. The van der Waals surface area contributed by atoms with E-state index < -0.39 is 11.8 Å². The molecule has 136 valence electrons. The van der Waals surface area contributed by atoms with Crippen molar-refractivity contribution in [3.8, 4) is 0 Å². The number of benzene rings is 2. The number of esters is 1. The van der Waals surface area contributed by atoms with Gasteiger partial charge in [-0.25, -0.2) is 9.18 Å². The molecule has 1 N–H and O–H groups in total. The van der Waals surface area contributed by atoms with Crippen LogP contribution in [0.1, 0.15) is 20.7 Å². The molecule has 0 radical (unpaired) electrons. The number of rotatable bonds is 4. The van der Waals surface area contributed by atoms with E-state index in [4.69, 9.17) is 9.47 Å². The lowest BCUT2D eigenvalue weighted by atomic mass is 10.1. The Balaban J connectivity index is 1.91. The van der Waals surface area contributed by atoms with E-state index in [1.54, 1.807) is 18.2 Å². The maximum atomic E-state index is 13.1. The van der Waals surface area contributed by atoms with Crippen LogP contribution in [0.5, 0.6) is 0 Å². The quantitative estimate of drug-likeness (QED) is 0.851. The third kappa shape index (κ3) is 4.00. The van der Waals surface area contributed by atoms with Crippen LogP contribution in [0.15, 0.2) is 42.5 Å². The second-order valence-corrected chi connectivity index (χ2v) is 5.78. The second-order valence-electron chi connectivity index (χ2n) is 5.78. The molecule has 0 unspecified atom stereocenters. The predicted octanol–water partition coefficient (Wildman–Crippen LogP) is 2.70. The van der Waals surface area contributed by atoms with Gasteiger partial charge >= 0.3 is 5.97 Å². The normalized spacial score (nSPS) is 14.0. The highest BCUT2D eigenvalue weighted by atomic mass is 19.1. The van der Waals surface area contributed by atoms with E-state index >= 15 is 0 Å². The topological polar surface area (TPSA) is 67.9 Å². The van der Waals surface area contributed by atoms with Crippen LogP contribution < -0.4 is 10.2 Å². The van der Waals surface area contributed by atoms with E-state index in [1.165, 1.54) is 31.4 Å². The van der Waals surface area contributed by atoms with E-state index in [-0.39, 0.29) is 5.91 Å². The van der Waals surface area contributed by atoms with Crippen LogP contribution in [0.3, 0.4) is 0 Å². The molecule has 1 aliphatic heterocycles. The van der Waals surface area contributed by atoms with Gasteiger partial charge in [-0.2, -0.15) is 0 Å². The van der Waals surface area contributed by atoms with Crippen molar-refractivity contribution >= 4 is 23.3 Å². The summed E-state index contributed by atoms with van der Waals surface area (Å²) in [5, 5.41) is 2.81. The molecule has 7 heteroatoms. The number of anilines is 2. The summed E-state index contributed by atoms with van der Waals surface area (Å²) in [4.78, 5) is 26.4. The lowest BCUT2D eigenvalue weighted by Crippen LogP contribution is -2.36. The summed E-state index contributed by atoms with van der Waals surface area (Å²) in [6, 6.07) is 10.3. The third-order valence-corrected chi connectivity index (χ3v) is 4.12. The zero-order valence-electron chi connectivity index (χ0n) is 14.3. The molecule has 2 aromatic rings. The number of nitrogens with one attached hydrogen (secondary N) is 1. The Bertz CT molecular complexity index is 802. The lowest BCUT2D eigenvalue weighted by molar-refractivity contribution is 0.0600. The van der Waals surface area contributed by atoms with Crippen LogP contribution in [0.2, 0.25) is 0 Å². The summed E-state index contributed by atoms with van der Waals surface area (Å²) in [7, 11) is 1.30. The van der Waals surface area contributed by atoms with Gasteiger partial charge in [0.1, 0.15) is 5.82 Å². The van der Waals surface area contributed by atoms with E-state index in [1.807, 2.05) is 0 Å². The van der Waals surface area contributed by atoms with Crippen molar-refractivity contribution in [1.29, 1.82) is 0 Å². The predicted molar refractivity (Wildman–Crippen MR) is 95.2 cm³/mol. The highest BCUT2D eigenvalue weighted by Gasteiger charge is 2.19. The van der Waals surface area contributed by atoms with Crippen molar-refractivity contribution < 1.29 is 23.5 Å². The van der Waals surface area contributed by atoms with E-state index in [2.05, 4.69) is 10.2 Å². The number of hydrogen-bond donors (Lipinski definition) is 1. The molecule has 1 fully saturated rings. The van der Waals surface area contributed by atoms with Crippen LogP contribution in [-0.4, -0.2) is 45.3 Å². The summed E-state index contributed by atoms with van der Waals surface area (Å²) in [6.07, 6.45) is 0. The monoisotopic (exact) mass is 358 g/mol. The number of ether oxygens (including phenoxy) is 2. The van der Waals surface area contributed by atoms with Gasteiger partial charge in [-0.3, -0.25) is 4.79 Å². The molecule has 1 amide bonds. The molecular formula is C19H19FN2O4. The summed E-state index contributed by atoms with van der Waals surface area (Å²) >= 11 is 0. The summed E-state index contributed by atoms with van der Waals surface area (Å²) in [6.45, 7) is 2.53. The number of halogens is 1. The van der Waals surface area contributed by atoms with Crippen molar-refractivity contribution in [3.05, 3.63) is 59.4 Å². The van der Waals surface area contributed by atoms with E-state index in [0.29, 0.717) is 43.1 Å². The smallest absolute Gasteiger partial charge is 0.337 e. The van der Waals surface area contributed by atoms with Gasteiger partial charge in [0.15, 0.2) is 0 Å². The molecule has 0 spiro atoms. The minimum Gasteiger partial charge on any atom is -0.465 e. The van der Waals surface area contributed by atoms with Crippen LogP contribution >= 0.6 is 0 Å². The molecule has 1 heterocycles. The number of nitrogens with zero attached hydrogens (tertiary/aromatic N) is 1. The average molecular weight is 358 g/mol. The number of hydrogen-bond acceptors (Lipinski definition) is 5. The number of morpholine rings is 1. The Hall–Kier alpha value is -2.93. The fourth-order valence-electron chi connectivity index (χ4n) is 2.76. The molecule has 0 atom stereocenters. The fourth-order valence-corrected chi connectivity index (χ4v) is 2.76. The Labute approximate surface area is 150 Å². The van der Waals surface area contributed by atoms with Crippen LogP contribution in [-0.2, 0) is 9.47 Å². The molecule has 0 aliphatic carbocycles. The number of carbonyl (C=O) groups is 2. The maximum absolute atomic E-state index is 13.1.